The topological polar surface area (TPSA) is 16.1 Å². The Morgan fingerprint density at radius 1 is 0.960 bits per heavy atom. The third-order valence-corrected chi connectivity index (χ3v) is 5.00. The van der Waals surface area contributed by atoms with Gasteiger partial charge in [0.2, 0.25) is 0 Å². The van der Waals surface area contributed by atoms with Gasteiger partial charge in [-0.2, -0.15) is 13.2 Å². The van der Waals surface area contributed by atoms with Gasteiger partial charge >= 0.3 is 6.18 Å². The van der Waals surface area contributed by atoms with Crippen LogP contribution in [0.15, 0.2) is 60.8 Å². The second-order valence-electron chi connectivity index (χ2n) is 5.92. The molecule has 0 bridgehead atoms. The number of para-hydroxylation sites is 1. The van der Waals surface area contributed by atoms with Gasteiger partial charge in [0.1, 0.15) is 0 Å². The highest BCUT2D eigenvalue weighted by molar-refractivity contribution is 7.15. The molecule has 0 fully saturated rings. The lowest BCUT2D eigenvalue weighted by Gasteiger charge is -2.23. The first-order valence-electron chi connectivity index (χ1n) is 7.84. The van der Waals surface area contributed by atoms with Crippen LogP contribution in [0.4, 0.5) is 29.7 Å². The van der Waals surface area contributed by atoms with E-state index >= 15 is 0 Å². The Morgan fingerprint density at radius 3 is 2.24 bits per heavy atom. The summed E-state index contributed by atoms with van der Waals surface area (Å²) in [5.74, 6) is 0.311. The van der Waals surface area contributed by atoms with E-state index in [0.29, 0.717) is 16.7 Å². The fourth-order valence-corrected chi connectivity index (χ4v) is 3.38. The molecule has 3 rings (SSSR count). The summed E-state index contributed by atoms with van der Waals surface area (Å²) in [4.78, 5) is 7.29. The van der Waals surface area contributed by atoms with Gasteiger partial charge in [-0.15, -0.1) is 11.3 Å². The Bertz CT molecular complexity index is 841. The zero-order valence-corrected chi connectivity index (χ0v) is 14.6. The molecule has 0 N–H and O–H groups in total. The third-order valence-electron chi connectivity index (χ3n) is 3.72. The van der Waals surface area contributed by atoms with Gasteiger partial charge in [-0.05, 0) is 36.2 Å². The molecule has 25 heavy (non-hydrogen) atoms. The molecule has 3 aromatic rings. The van der Waals surface area contributed by atoms with Crippen molar-refractivity contribution in [3.05, 3.63) is 71.2 Å². The molecule has 2 aromatic carbocycles. The summed E-state index contributed by atoms with van der Waals surface area (Å²) in [6.07, 6.45) is -2.60. The lowest BCUT2D eigenvalue weighted by atomic mass is 10.1. The predicted molar refractivity (Wildman–Crippen MR) is 95.9 cm³/mol. The fourth-order valence-electron chi connectivity index (χ4n) is 2.42. The van der Waals surface area contributed by atoms with Crippen molar-refractivity contribution in [2.24, 2.45) is 0 Å². The Hall–Kier alpha value is -2.34. The van der Waals surface area contributed by atoms with Crippen molar-refractivity contribution >= 4 is 27.8 Å². The van der Waals surface area contributed by atoms with Crippen molar-refractivity contribution in [3.63, 3.8) is 0 Å². The smallest absolute Gasteiger partial charge is 0.286 e. The van der Waals surface area contributed by atoms with E-state index in [1.165, 1.54) is 17.4 Å². The van der Waals surface area contributed by atoms with Gasteiger partial charge in [-0.25, -0.2) is 4.98 Å². The fraction of sp³-hybridized carbons (Fsp3) is 0.211. The van der Waals surface area contributed by atoms with Crippen LogP contribution in [0.5, 0.6) is 0 Å². The highest BCUT2D eigenvalue weighted by Crippen LogP contribution is 2.40. The number of nitrogens with zero attached hydrogens (tertiary/aromatic N) is 2. The molecule has 130 valence electrons. The van der Waals surface area contributed by atoms with Crippen LogP contribution in [0.25, 0.3) is 0 Å². The molecular weight excluding hydrogens is 345 g/mol. The van der Waals surface area contributed by atoms with Gasteiger partial charge in [0.05, 0.1) is 5.56 Å². The molecule has 0 radical (unpaired) electrons. The maximum absolute atomic E-state index is 13.1. The number of aromatic nitrogens is 1. The summed E-state index contributed by atoms with van der Waals surface area (Å²) in [7, 11) is 0. The zero-order chi connectivity index (χ0) is 18.0. The van der Waals surface area contributed by atoms with Crippen molar-refractivity contribution in [1.82, 2.24) is 4.98 Å². The molecule has 0 atom stereocenters. The largest absolute Gasteiger partial charge is 0.416 e. The number of hydrogen-bond acceptors (Lipinski definition) is 3. The van der Waals surface area contributed by atoms with Crippen LogP contribution in [0.2, 0.25) is 0 Å². The molecule has 0 aliphatic carbocycles. The average molecular weight is 362 g/mol. The van der Waals surface area contributed by atoms with E-state index in [1.807, 2.05) is 30.3 Å². The first-order valence-corrected chi connectivity index (χ1v) is 8.66. The molecular formula is C19H17F3N2S. The first-order chi connectivity index (χ1) is 11.9. The number of halogens is 3. The molecule has 0 saturated heterocycles. The number of alkyl halides is 3. The van der Waals surface area contributed by atoms with Crippen LogP contribution in [-0.4, -0.2) is 4.98 Å². The molecule has 0 saturated carbocycles. The Balaban J connectivity index is 2.12. The minimum atomic E-state index is -4.38. The molecule has 0 unspecified atom stereocenters. The Kier molecular flexibility index (Phi) is 4.81. The molecule has 0 aliphatic heterocycles. The molecule has 6 heteroatoms. The minimum Gasteiger partial charge on any atom is -0.286 e. The number of rotatable bonds is 4. The normalized spacial score (nSPS) is 11.8. The van der Waals surface area contributed by atoms with Gasteiger partial charge in [-0.1, -0.05) is 38.1 Å². The lowest BCUT2D eigenvalue weighted by molar-refractivity contribution is -0.137. The summed E-state index contributed by atoms with van der Waals surface area (Å²) in [5.41, 5.74) is 0.531. The number of benzene rings is 2. The SMILES string of the molecule is CC(C)c1cnc(N(c2ccccc2)c2cccc(C(F)(F)F)c2)s1. The second kappa shape index (κ2) is 6.88. The van der Waals surface area contributed by atoms with E-state index in [1.54, 1.807) is 17.2 Å². The standard InChI is InChI=1S/C19H17F3N2S/c1-13(2)17-12-23-18(25-17)24(15-8-4-3-5-9-15)16-10-6-7-14(11-16)19(20,21)22/h3-13H,1-2H3. The van der Waals surface area contributed by atoms with E-state index in [9.17, 15) is 13.2 Å². The Labute approximate surface area is 148 Å². The minimum absolute atomic E-state index is 0.311. The lowest BCUT2D eigenvalue weighted by Crippen LogP contribution is -2.11. The van der Waals surface area contributed by atoms with E-state index in [2.05, 4.69) is 18.8 Å². The van der Waals surface area contributed by atoms with Crippen molar-refractivity contribution < 1.29 is 13.2 Å². The van der Waals surface area contributed by atoms with E-state index in [-0.39, 0.29) is 0 Å². The quantitative estimate of drug-likeness (QED) is 0.510. The molecule has 0 aliphatic rings. The highest BCUT2D eigenvalue weighted by atomic mass is 32.1. The second-order valence-corrected chi connectivity index (χ2v) is 6.96. The van der Waals surface area contributed by atoms with Crippen LogP contribution < -0.4 is 4.90 Å². The van der Waals surface area contributed by atoms with E-state index in [0.717, 1.165) is 22.7 Å². The van der Waals surface area contributed by atoms with Gasteiger partial charge in [0, 0.05) is 22.4 Å². The van der Waals surface area contributed by atoms with Crippen LogP contribution in [0, 0.1) is 0 Å². The first kappa shape index (κ1) is 17.5. The molecule has 0 spiro atoms. The average Bonchev–Trinajstić information content (AvgIpc) is 3.05. The summed E-state index contributed by atoms with van der Waals surface area (Å²) in [6.45, 7) is 4.13. The van der Waals surface area contributed by atoms with Crippen molar-refractivity contribution in [2.45, 2.75) is 25.9 Å². The van der Waals surface area contributed by atoms with Crippen LogP contribution in [0.1, 0.15) is 30.2 Å². The monoisotopic (exact) mass is 362 g/mol. The van der Waals surface area contributed by atoms with Gasteiger partial charge < -0.3 is 0 Å². The van der Waals surface area contributed by atoms with E-state index < -0.39 is 11.7 Å². The van der Waals surface area contributed by atoms with Crippen molar-refractivity contribution in [2.75, 3.05) is 4.90 Å². The van der Waals surface area contributed by atoms with Gasteiger partial charge in [0.15, 0.2) is 5.13 Å². The maximum Gasteiger partial charge on any atom is 0.416 e. The maximum atomic E-state index is 13.1. The third kappa shape index (κ3) is 3.85. The molecule has 0 amide bonds. The number of thiazole rings is 1. The summed E-state index contributed by atoms with van der Waals surface area (Å²) < 4.78 is 39.3. The number of anilines is 3. The summed E-state index contributed by atoms with van der Waals surface area (Å²) >= 11 is 1.49. The molecule has 2 nitrogen and oxygen atoms in total. The summed E-state index contributed by atoms with van der Waals surface area (Å²) in [6, 6.07) is 14.6. The van der Waals surface area contributed by atoms with Crippen LogP contribution in [0.3, 0.4) is 0 Å². The number of hydrogen-bond donors (Lipinski definition) is 0. The van der Waals surface area contributed by atoms with Crippen molar-refractivity contribution in [3.8, 4) is 0 Å². The van der Waals surface area contributed by atoms with E-state index in [4.69, 9.17) is 0 Å². The van der Waals surface area contributed by atoms with Gasteiger partial charge in [0.25, 0.3) is 0 Å². The summed E-state index contributed by atoms with van der Waals surface area (Å²) in [5, 5.41) is 0.647. The van der Waals surface area contributed by atoms with Crippen LogP contribution in [-0.2, 0) is 6.18 Å². The Morgan fingerprint density at radius 2 is 1.64 bits per heavy atom. The van der Waals surface area contributed by atoms with Crippen molar-refractivity contribution in [1.29, 1.82) is 0 Å². The molecule has 1 heterocycles. The van der Waals surface area contributed by atoms with Gasteiger partial charge in [-0.3, -0.25) is 4.90 Å². The molecule has 1 aromatic heterocycles. The van der Waals surface area contributed by atoms with Crippen LogP contribution >= 0.6 is 11.3 Å². The highest BCUT2D eigenvalue weighted by Gasteiger charge is 2.31. The zero-order valence-electron chi connectivity index (χ0n) is 13.8. The predicted octanol–water partition coefficient (Wildman–Crippen LogP) is 6.76.